The second kappa shape index (κ2) is 2.31. The third-order valence-electron chi connectivity index (χ3n) is 2.18. The van der Waals surface area contributed by atoms with E-state index >= 15 is 0 Å². The van der Waals surface area contributed by atoms with Crippen LogP contribution in [-0.4, -0.2) is 6.61 Å². The third-order valence-corrected chi connectivity index (χ3v) is 3.08. The van der Waals surface area contributed by atoms with Crippen LogP contribution in [-0.2, 0) is 4.74 Å². The molecule has 1 aromatic heterocycles. The fourth-order valence-electron chi connectivity index (χ4n) is 1.43. The van der Waals surface area contributed by atoms with E-state index in [2.05, 4.69) is 29.6 Å². The SMILES string of the molecule is c1cc2cc(C3CO3)ccc2s1. The second-order valence-electron chi connectivity index (χ2n) is 3.04. The number of thiophene rings is 1. The van der Waals surface area contributed by atoms with Gasteiger partial charge in [0.05, 0.1) is 6.61 Å². The lowest BCUT2D eigenvalue weighted by atomic mass is 10.1. The van der Waals surface area contributed by atoms with Gasteiger partial charge in [0.15, 0.2) is 0 Å². The van der Waals surface area contributed by atoms with E-state index in [9.17, 15) is 0 Å². The molecule has 2 heterocycles. The van der Waals surface area contributed by atoms with E-state index in [1.165, 1.54) is 15.6 Å². The molecule has 0 spiro atoms. The third kappa shape index (κ3) is 0.958. The van der Waals surface area contributed by atoms with Crippen LogP contribution in [0.15, 0.2) is 29.6 Å². The van der Waals surface area contributed by atoms with Gasteiger partial charge in [0.1, 0.15) is 6.10 Å². The molecule has 2 heteroatoms. The predicted octanol–water partition coefficient (Wildman–Crippen LogP) is 2.97. The highest BCUT2D eigenvalue weighted by Gasteiger charge is 2.24. The fraction of sp³-hybridized carbons (Fsp3) is 0.200. The molecule has 1 aliphatic rings. The Labute approximate surface area is 74.6 Å². The number of ether oxygens (including phenoxy) is 1. The molecule has 1 aliphatic heterocycles. The van der Waals surface area contributed by atoms with Crippen molar-refractivity contribution in [3.8, 4) is 0 Å². The smallest absolute Gasteiger partial charge is 0.106 e. The van der Waals surface area contributed by atoms with Gasteiger partial charge >= 0.3 is 0 Å². The van der Waals surface area contributed by atoms with E-state index in [1.807, 2.05) is 0 Å². The van der Waals surface area contributed by atoms with Gasteiger partial charge in [-0.15, -0.1) is 11.3 Å². The molecule has 1 unspecified atom stereocenters. The summed E-state index contributed by atoms with van der Waals surface area (Å²) in [6.45, 7) is 0.898. The van der Waals surface area contributed by atoms with Gasteiger partial charge in [-0.3, -0.25) is 0 Å². The van der Waals surface area contributed by atoms with E-state index in [-0.39, 0.29) is 0 Å². The van der Waals surface area contributed by atoms with Crippen molar-refractivity contribution in [3.63, 3.8) is 0 Å². The van der Waals surface area contributed by atoms with Crippen LogP contribution in [0.1, 0.15) is 11.7 Å². The Morgan fingerprint density at radius 2 is 2.25 bits per heavy atom. The Bertz CT molecular complexity index is 414. The second-order valence-corrected chi connectivity index (χ2v) is 3.99. The van der Waals surface area contributed by atoms with Crippen LogP contribution in [0.25, 0.3) is 10.1 Å². The van der Waals surface area contributed by atoms with Gasteiger partial charge in [0, 0.05) is 4.70 Å². The van der Waals surface area contributed by atoms with Gasteiger partial charge in [-0.25, -0.2) is 0 Å². The molecule has 1 atom stereocenters. The zero-order chi connectivity index (χ0) is 7.97. The van der Waals surface area contributed by atoms with Gasteiger partial charge in [-0.2, -0.15) is 0 Å². The first-order valence-electron chi connectivity index (χ1n) is 4.02. The van der Waals surface area contributed by atoms with Crippen LogP contribution in [0, 0.1) is 0 Å². The molecule has 3 rings (SSSR count). The minimum atomic E-state index is 0.384. The van der Waals surface area contributed by atoms with Crippen molar-refractivity contribution < 1.29 is 4.74 Å². The van der Waals surface area contributed by atoms with Crippen molar-refractivity contribution in [1.82, 2.24) is 0 Å². The summed E-state index contributed by atoms with van der Waals surface area (Å²) in [5.41, 5.74) is 1.32. The van der Waals surface area contributed by atoms with Crippen LogP contribution in [0.2, 0.25) is 0 Å². The molecular weight excluding hydrogens is 168 g/mol. The van der Waals surface area contributed by atoms with Gasteiger partial charge in [-0.05, 0) is 34.5 Å². The molecule has 1 saturated heterocycles. The van der Waals surface area contributed by atoms with E-state index in [0.717, 1.165) is 6.61 Å². The molecule has 1 nitrogen and oxygen atoms in total. The molecule has 0 bridgehead atoms. The van der Waals surface area contributed by atoms with Crippen LogP contribution in [0.3, 0.4) is 0 Å². The summed E-state index contributed by atoms with van der Waals surface area (Å²) in [7, 11) is 0. The summed E-state index contributed by atoms with van der Waals surface area (Å²) in [4.78, 5) is 0. The monoisotopic (exact) mass is 176 g/mol. The molecule has 0 aliphatic carbocycles. The van der Waals surface area contributed by atoms with E-state index in [0.29, 0.717) is 6.10 Å². The first-order chi connectivity index (χ1) is 5.93. The Kier molecular flexibility index (Phi) is 1.28. The van der Waals surface area contributed by atoms with Gasteiger partial charge in [0.2, 0.25) is 0 Å². The number of rotatable bonds is 1. The topological polar surface area (TPSA) is 12.5 Å². The van der Waals surface area contributed by atoms with E-state index in [4.69, 9.17) is 4.74 Å². The number of benzene rings is 1. The molecule has 2 aromatic rings. The van der Waals surface area contributed by atoms with Crippen LogP contribution < -0.4 is 0 Å². The molecule has 60 valence electrons. The molecule has 1 fully saturated rings. The summed E-state index contributed by atoms with van der Waals surface area (Å²) in [5.74, 6) is 0. The highest BCUT2D eigenvalue weighted by molar-refractivity contribution is 7.17. The lowest BCUT2D eigenvalue weighted by Gasteiger charge is -1.94. The zero-order valence-corrected chi connectivity index (χ0v) is 7.30. The molecule has 0 amide bonds. The van der Waals surface area contributed by atoms with E-state index < -0.39 is 0 Å². The molecule has 12 heavy (non-hydrogen) atoms. The highest BCUT2D eigenvalue weighted by atomic mass is 32.1. The summed E-state index contributed by atoms with van der Waals surface area (Å²) in [6.07, 6.45) is 0.384. The van der Waals surface area contributed by atoms with Gasteiger partial charge < -0.3 is 4.74 Å². The average Bonchev–Trinajstić information content (AvgIpc) is 2.84. The number of hydrogen-bond acceptors (Lipinski definition) is 2. The van der Waals surface area contributed by atoms with Gasteiger partial charge in [-0.1, -0.05) is 6.07 Å². The lowest BCUT2D eigenvalue weighted by Crippen LogP contribution is -1.77. The standard InChI is InChI=1S/C10H8OS/c1-2-10-8(3-4-12-10)5-7(1)9-6-11-9/h1-5,9H,6H2. The maximum atomic E-state index is 5.22. The van der Waals surface area contributed by atoms with Crippen molar-refractivity contribution >= 4 is 21.4 Å². The first-order valence-corrected chi connectivity index (χ1v) is 4.90. The largest absolute Gasteiger partial charge is 0.368 e. The minimum absolute atomic E-state index is 0.384. The average molecular weight is 176 g/mol. The minimum Gasteiger partial charge on any atom is -0.368 e. The van der Waals surface area contributed by atoms with Crippen LogP contribution in [0.4, 0.5) is 0 Å². The summed E-state index contributed by atoms with van der Waals surface area (Å²) < 4.78 is 6.58. The lowest BCUT2D eigenvalue weighted by molar-refractivity contribution is 0.416. The molecule has 1 aromatic carbocycles. The Morgan fingerprint density at radius 3 is 3.08 bits per heavy atom. The van der Waals surface area contributed by atoms with E-state index in [1.54, 1.807) is 11.3 Å². The van der Waals surface area contributed by atoms with Crippen molar-refractivity contribution in [1.29, 1.82) is 0 Å². The Balaban J connectivity index is 2.21. The quantitative estimate of drug-likeness (QED) is 0.608. The predicted molar refractivity (Wildman–Crippen MR) is 50.5 cm³/mol. The molecule has 0 N–H and O–H groups in total. The molecular formula is C10H8OS. The summed E-state index contributed by atoms with van der Waals surface area (Å²) in [5, 5.41) is 3.47. The number of hydrogen-bond donors (Lipinski definition) is 0. The van der Waals surface area contributed by atoms with Crippen LogP contribution in [0.5, 0.6) is 0 Å². The first kappa shape index (κ1) is 6.63. The maximum Gasteiger partial charge on any atom is 0.106 e. The van der Waals surface area contributed by atoms with Gasteiger partial charge in [0.25, 0.3) is 0 Å². The van der Waals surface area contributed by atoms with Crippen molar-refractivity contribution in [2.45, 2.75) is 6.10 Å². The van der Waals surface area contributed by atoms with Crippen molar-refractivity contribution in [2.75, 3.05) is 6.61 Å². The Hall–Kier alpha value is -0.860. The summed E-state index contributed by atoms with van der Waals surface area (Å²) in [6, 6.07) is 8.73. The zero-order valence-electron chi connectivity index (χ0n) is 6.49. The molecule has 0 radical (unpaired) electrons. The highest BCUT2D eigenvalue weighted by Crippen LogP contribution is 2.32. The van der Waals surface area contributed by atoms with Crippen LogP contribution >= 0.6 is 11.3 Å². The number of epoxide rings is 1. The normalized spacial score (nSPS) is 21.5. The maximum absolute atomic E-state index is 5.22. The van der Waals surface area contributed by atoms with Crippen molar-refractivity contribution in [3.05, 3.63) is 35.2 Å². The van der Waals surface area contributed by atoms with Crippen molar-refractivity contribution in [2.24, 2.45) is 0 Å². The fourth-order valence-corrected chi connectivity index (χ4v) is 2.20. The summed E-state index contributed by atoms with van der Waals surface area (Å²) >= 11 is 1.79. The molecule has 0 saturated carbocycles. The number of fused-ring (bicyclic) bond motifs is 1. The Morgan fingerprint density at radius 1 is 1.33 bits per heavy atom.